The highest BCUT2D eigenvalue weighted by atomic mass is 19.1. The number of aromatic nitrogens is 5. The molecule has 0 aliphatic carbocycles. The van der Waals surface area contributed by atoms with Crippen LogP contribution in [0.25, 0.3) is 27.8 Å². The first-order valence-electron chi connectivity index (χ1n) is 9.72. The molecule has 1 atom stereocenters. The van der Waals surface area contributed by atoms with Crippen LogP contribution in [0.1, 0.15) is 22.0 Å². The molecule has 0 radical (unpaired) electrons. The van der Waals surface area contributed by atoms with Crippen molar-refractivity contribution in [2.24, 2.45) is 0 Å². The Morgan fingerprint density at radius 3 is 2.88 bits per heavy atom. The third kappa shape index (κ3) is 3.42. The van der Waals surface area contributed by atoms with E-state index in [9.17, 15) is 19.4 Å². The second-order valence-electron chi connectivity index (χ2n) is 7.20. The van der Waals surface area contributed by atoms with Crippen molar-refractivity contribution in [3.63, 3.8) is 0 Å². The monoisotopic (exact) mass is 432 g/mol. The van der Waals surface area contributed by atoms with Crippen LogP contribution in [0.3, 0.4) is 0 Å². The molecule has 9 nitrogen and oxygen atoms in total. The van der Waals surface area contributed by atoms with Gasteiger partial charge in [0, 0.05) is 47.0 Å². The molecule has 4 N–H and O–H groups in total. The van der Waals surface area contributed by atoms with Crippen molar-refractivity contribution in [3.8, 4) is 11.3 Å². The smallest absolute Gasteiger partial charge is 0.341 e. The fourth-order valence-corrected chi connectivity index (χ4v) is 3.62. The van der Waals surface area contributed by atoms with E-state index in [1.54, 1.807) is 12.3 Å². The van der Waals surface area contributed by atoms with Gasteiger partial charge in [-0.1, -0.05) is 18.2 Å². The first kappa shape index (κ1) is 19.6. The normalized spacial score (nSPS) is 12.3. The molecule has 0 bridgehead atoms. The predicted molar refractivity (Wildman–Crippen MR) is 115 cm³/mol. The Morgan fingerprint density at radius 2 is 2.06 bits per heavy atom. The number of nitrogens with one attached hydrogen (secondary N) is 2. The number of fused-ring (bicyclic) bond motifs is 2. The van der Waals surface area contributed by atoms with E-state index in [0.717, 1.165) is 22.7 Å². The SMILES string of the molecule is O=C(O)c1cnn2c(NC[C@H](O)c3c[nH]c4ccccc34)cc(-c3cncc(F)c3)nc12. The summed E-state index contributed by atoms with van der Waals surface area (Å²) >= 11 is 0. The lowest BCUT2D eigenvalue weighted by molar-refractivity contribution is 0.0698. The van der Waals surface area contributed by atoms with Crippen LogP contribution in [0.2, 0.25) is 0 Å². The third-order valence-corrected chi connectivity index (χ3v) is 5.16. The number of H-pyrrole nitrogens is 1. The minimum atomic E-state index is -1.19. The summed E-state index contributed by atoms with van der Waals surface area (Å²) < 4.78 is 15.0. The van der Waals surface area contributed by atoms with Gasteiger partial charge in [0.25, 0.3) is 0 Å². The fraction of sp³-hybridized carbons (Fsp3) is 0.0909. The lowest BCUT2D eigenvalue weighted by Crippen LogP contribution is -2.15. The van der Waals surface area contributed by atoms with Gasteiger partial charge in [-0.05, 0) is 12.1 Å². The van der Waals surface area contributed by atoms with E-state index in [2.05, 4.69) is 25.4 Å². The first-order chi connectivity index (χ1) is 15.5. The molecule has 10 heteroatoms. The highest BCUT2D eigenvalue weighted by molar-refractivity contribution is 5.94. The van der Waals surface area contributed by atoms with Gasteiger partial charge in [0.2, 0.25) is 0 Å². The maximum absolute atomic E-state index is 13.7. The van der Waals surface area contributed by atoms with Crippen LogP contribution < -0.4 is 5.32 Å². The molecule has 0 aliphatic rings. The Bertz CT molecular complexity index is 1460. The quantitative estimate of drug-likeness (QED) is 0.324. The molecule has 0 amide bonds. The van der Waals surface area contributed by atoms with E-state index in [0.29, 0.717) is 17.1 Å². The van der Waals surface area contributed by atoms with Gasteiger partial charge < -0.3 is 20.5 Å². The Kier molecular flexibility index (Phi) is 4.75. The fourth-order valence-electron chi connectivity index (χ4n) is 3.62. The Hall–Kier alpha value is -4.31. The van der Waals surface area contributed by atoms with Gasteiger partial charge in [-0.15, -0.1) is 0 Å². The van der Waals surface area contributed by atoms with Gasteiger partial charge in [-0.3, -0.25) is 4.98 Å². The number of pyridine rings is 1. The lowest BCUT2D eigenvalue weighted by Gasteiger charge is -2.14. The maximum atomic E-state index is 13.7. The van der Waals surface area contributed by atoms with E-state index >= 15 is 0 Å². The number of hydrogen-bond acceptors (Lipinski definition) is 6. The zero-order chi connectivity index (χ0) is 22.2. The summed E-state index contributed by atoms with van der Waals surface area (Å²) in [6.45, 7) is 0.115. The Labute approximate surface area is 180 Å². The molecule has 160 valence electrons. The zero-order valence-corrected chi connectivity index (χ0v) is 16.5. The molecule has 0 aliphatic heterocycles. The number of aromatic carboxylic acids is 1. The van der Waals surface area contributed by atoms with Gasteiger partial charge >= 0.3 is 5.97 Å². The van der Waals surface area contributed by atoms with Crippen LogP contribution in [-0.2, 0) is 0 Å². The predicted octanol–water partition coefficient (Wildman–Crippen LogP) is 3.26. The minimum Gasteiger partial charge on any atom is -0.477 e. The molecule has 5 aromatic rings. The van der Waals surface area contributed by atoms with Crippen molar-refractivity contribution in [3.05, 3.63) is 78.1 Å². The number of para-hydroxylation sites is 1. The molecule has 0 saturated heterocycles. The second-order valence-corrected chi connectivity index (χ2v) is 7.20. The van der Waals surface area contributed by atoms with E-state index in [-0.39, 0.29) is 17.8 Å². The van der Waals surface area contributed by atoms with Crippen molar-refractivity contribution in [2.45, 2.75) is 6.10 Å². The Balaban J connectivity index is 1.53. The van der Waals surface area contributed by atoms with Crippen LogP contribution in [0.15, 0.2) is 61.2 Å². The second kappa shape index (κ2) is 7.75. The number of nitrogens with zero attached hydrogens (tertiary/aromatic N) is 4. The summed E-state index contributed by atoms with van der Waals surface area (Å²) in [4.78, 5) is 22.9. The summed E-state index contributed by atoms with van der Waals surface area (Å²) in [6, 6.07) is 10.5. The lowest BCUT2D eigenvalue weighted by atomic mass is 10.1. The summed E-state index contributed by atoms with van der Waals surface area (Å²) in [5.41, 5.74) is 2.31. The number of halogens is 1. The van der Waals surface area contributed by atoms with Gasteiger partial charge in [0.15, 0.2) is 5.65 Å². The van der Waals surface area contributed by atoms with Crippen LogP contribution in [0.5, 0.6) is 0 Å². The van der Waals surface area contributed by atoms with E-state index in [1.165, 1.54) is 23.0 Å². The van der Waals surface area contributed by atoms with Gasteiger partial charge in [0.1, 0.15) is 17.2 Å². The van der Waals surface area contributed by atoms with Crippen molar-refractivity contribution < 1.29 is 19.4 Å². The van der Waals surface area contributed by atoms with Crippen molar-refractivity contribution in [1.29, 1.82) is 0 Å². The molecule has 4 heterocycles. The highest BCUT2D eigenvalue weighted by Crippen LogP contribution is 2.27. The molecule has 5 rings (SSSR count). The third-order valence-electron chi connectivity index (χ3n) is 5.16. The molecule has 32 heavy (non-hydrogen) atoms. The number of carbonyl (C=O) groups is 1. The number of carboxylic acids is 1. The van der Waals surface area contributed by atoms with Crippen LogP contribution >= 0.6 is 0 Å². The number of carboxylic acid groups (broad SMARTS) is 1. The number of aliphatic hydroxyl groups is 1. The minimum absolute atomic E-state index is 0.0864. The van der Waals surface area contributed by atoms with Crippen LogP contribution in [0.4, 0.5) is 10.2 Å². The summed E-state index contributed by atoms with van der Waals surface area (Å²) in [7, 11) is 0. The number of aromatic amines is 1. The zero-order valence-electron chi connectivity index (χ0n) is 16.5. The number of hydrogen-bond donors (Lipinski definition) is 4. The number of rotatable bonds is 6. The van der Waals surface area contributed by atoms with Crippen molar-refractivity contribution in [2.75, 3.05) is 11.9 Å². The highest BCUT2D eigenvalue weighted by Gasteiger charge is 2.19. The summed E-state index contributed by atoms with van der Waals surface area (Å²) in [5, 5.41) is 28.4. The van der Waals surface area contributed by atoms with Gasteiger partial charge in [0.05, 0.1) is 24.2 Å². The summed E-state index contributed by atoms with van der Waals surface area (Å²) in [5.74, 6) is -1.34. The van der Waals surface area contributed by atoms with E-state index < -0.39 is 17.9 Å². The Morgan fingerprint density at radius 1 is 1.22 bits per heavy atom. The number of anilines is 1. The standard InChI is InChI=1S/C22H17FN6O3/c23-13-5-12(7-24-8-13)18-6-20(29-21(28-18)16(10-27-29)22(31)32)26-11-19(30)15-9-25-17-4-2-1-3-14(15)17/h1-10,19,25-26,30H,11H2,(H,31,32)/t19-/m0/s1. The molecule has 1 aromatic carbocycles. The molecule has 0 saturated carbocycles. The van der Waals surface area contributed by atoms with Gasteiger partial charge in [-0.2, -0.15) is 9.61 Å². The van der Waals surface area contributed by atoms with Crippen LogP contribution in [-0.4, -0.2) is 47.3 Å². The number of benzene rings is 1. The van der Waals surface area contributed by atoms with Gasteiger partial charge in [-0.25, -0.2) is 14.2 Å². The van der Waals surface area contributed by atoms with E-state index in [1.807, 2.05) is 24.3 Å². The average molecular weight is 432 g/mol. The molecular formula is C22H17FN6O3. The number of aliphatic hydroxyl groups excluding tert-OH is 1. The van der Waals surface area contributed by atoms with E-state index in [4.69, 9.17) is 0 Å². The summed E-state index contributed by atoms with van der Waals surface area (Å²) in [6.07, 6.45) is 4.59. The molecule has 0 spiro atoms. The largest absolute Gasteiger partial charge is 0.477 e. The van der Waals surface area contributed by atoms with Crippen LogP contribution in [0, 0.1) is 5.82 Å². The average Bonchev–Trinajstić information content (AvgIpc) is 3.41. The molecule has 0 unspecified atom stereocenters. The van der Waals surface area contributed by atoms with Crippen molar-refractivity contribution >= 4 is 28.3 Å². The van der Waals surface area contributed by atoms with Crippen molar-refractivity contribution in [1.82, 2.24) is 24.6 Å². The molecular weight excluding hydrogens is 415 g/mol. The first-order valence-corrected chi connectivity index (χ1v) is 9.72. The topological polar surface area (TPSA) is 128 Å². The molecule has 0 fully saturated rings. The molecule has 4 aromatic heterocycles. The maximum Gasteiger partial charge on any atom is 0.341 e.